The molecule has 2 aliphatic rings. The minimum atomic E-state index is -4.23. The van der Waals surface area contributed by atoms with E-state index in [1.54, 1.807) is 23.1 Å². The Morgan fingerprint density at radius 2 is 1.85 bits per heavy atom. The molecule has 0 spiro atoms. The van der Waals surface area contributed by atoms with E-state index in [0.717, 1.165) is 23.1 Å². The highest BCUT2D eigenvalue weighted by atomic mass is 32.2. The Morgan fingerprint density at radius 1 is 1.13 bits per heavy atom. The molecular weight excluding hydrogens is 524 g/mol. The van der Waals surface area contributed by atoms with Gasteiger partial charge in [0.25, 0.3) is 0 Å². The van der Waals surface area contributed by atoms with Crippen LogP contribution in [0.15, 0.2) is 47.4 Å². The number of hydrogen-bond donors (Lipinski definition) is 5. The molecule has 0 radical (unpaired) electrons. The maximum Gasteiger partial charge on any atom is 0.323 e. The van der Waals surface area contributed by atoms with Crippen LogP contribution < -0.4 is 15.8 Å². The van der Waals surface area contributed by atoms with Crippen molar-refractivity contribution in [3.05, 3.63) is 42.5 Å². The van der Waals surface area contributed by atoms with Gasteiger partial charge in [-0.05, 0) is 54.5 Å². The molecule has 6 N–H and O–H groups in total. The second-order valence-electron chi connectivity index (χ2n) is 10.1. The minimum absolute atomic E-state index is 0.0293. The van der Waals surface area contributed by atoms with E-state index < -0.39 is 46.8 Å². The van der Waals surface area contributed by atoms with E-state index in [-0.39, 0.29) is 29.4 Å². The molecule has 12 nitrogen and oxygen atoms in total. The van der Waals surface area contributed by atoms with Gasteiger partial charge < -0.3 is 26.0 Å². The van der Waals surface area contributed by atoms with E-state index in [2.05, 4.69) is 10.0 Å². The SMILES string of the molecule is N=C(N)N1CCC[C@@H](CNC(=O)C[C@@H](NS(=O)(=O)c2ccc3ccccc3c2)C(=O)N(CC(=O)O)C2CC2)C1. The Balaban J connectivity index is 1.50. The molecule has 2 aromatic carbocycles. The summed E-state index contributed by atoms with van der Waals surface area (Å²) in [5, 5.41) is 21.3. The number of aliphatic carboxylic acids is 1. The molecule has 0 aromatic heterocycles. The van der Waals surface area contributed by atoms with Crippen LogP contribution in [0.3, 0.4) is 0 Å². The van der Waals surface area contributed by atoms with Crippen LogP contribution >= 0.6 is 0 Å². The molecule has 210 valence electrons. The first-order chi connectivity index (χ1) is 18.5. The molecule has 1 aliphatic heterocycles. The van der Waals surface area contributed by atoms with Gasteiger partial charge in [0, 0.05) is 25.7 Å². The third-order valence-electron chi connectivity index (χ3n) is 7.04. The van der Waals surface area contributed by atoms with Gasteiger partial charge in [0.1, 0.15) is 12.6 Å². The number of carbonyl (C=O) groups is 3. The van der Waals surface area contributed by atoms with Crippen molar-refractivity contribution >= 4 is 44.5 Å². The van der Waals surface area contributed by atoms with E-state index in [1.165, 1.54) is 12.1 Å². The molecule has 2 aromatic rings. The van der Waals surface area contributed by atoms with Gasteiger partial charge >= 0.3 is 5.97 Å². The maximum absolute atomic E-state index is 13.5. The van der Waals surface area contributed by atoms with Gasteiger partial charge in [0.15, 0.2) is 5.96 Å². The number of guanidine groups is 1. The van der Waals surface area contributed by atoms with Crippen LogP contribution in [0.5, 0.6) is 0 Å². The van der Waals surface area contributed by atoms with Crippen molar-refractivity contribution in [3.8, 4) is 0 Å². The van der Waals surface area contributed by atoms with E-state index in [0.29, 0.717) is 31.3 Å². The van der Waals surface area contributed by atoms with Crippen molar-refractivity contribution in [2.75, 3.05) is 26.2 Å². The van der Waals surface area contributed by atoms with Gasteiger partial charge in [-0.2, -0.15) is 4.72 Å². The summed E-state index contributed by atoms with van der Waals surface area (Å²) >= 11 is 0. The van der Waals surface area contributed by atoms with Crippen LogP contribution in [0.25, 0.3) is 10.8 Å². The maximum atomic E-state index is 13.5. The minimum Gasteiger partial charge on any atom is -0.480 e. The lowest BCUT2D eigenvalue weighted by Crippen LogP contribution is -2.52. The van der Waals surface area contributed by atoms with E-state index in [1.807, 2.05) is 12.1 Å². The number of hydrogen-bond acceptors (Lipinski definition) is 6. The second-order valence-corrected chi connectivity index (χ2v) is 11.8. The number of benzene rings is 2. The lowest BCUT2D eigenvalue weighted by Gasteiger charge is -2.33. The molecular formula is C26H34N6O6S. The van der Waals surface area contributed by atoms with E-state index in [9.17, 15) is 27.9 Å². The Morgan fingerprint density at radius 3 is 2.51 bits per heavy atom. The van der Waals surface area contributed by atoms with Crippen molar-refractivity contribution in [3.63, 3.8) is 0 Å². The number of carboxylic acids is 1. The predicted molar refractivity (Wildman–Crippen MR) is 144 cm³/mol. The number of piperidine rings is 1. The van der Waals surface area contributed by atoms with Crippen molar-refractivity contribution < 1.29 is 27.9 Å². The largest absolute Gasteiger partial charge is 0.480 e. The number of nitrogens with two attached hydrogens (primary N) is 1. The molecule has 1 saturated heterocycles. The van der Waals surface area contributed by atoms with Crippen LogP contribution in [0.2, 0.25) is 0 Å². The fourth-order valence-corrected chi connectivity index (χ4v) is 6.08. The topological polar surface area (TPSA) is 186 Å². The highest BCUT2D eigenvalue weighted by molar-refractivity contribution is 7.89. The second kappa shape index (κ2) is 12.0. The van der Waals surface area contributed by atoms with Gasteiger partial charge in [0.2, 0.25) is 21.8 Å². The number of carbonyl (C=O) groups excluding carboxylic acids is 2. The lowest BCUT2D eigenvalue weighted by molar-refractivity contribution is -0.146. The van der Waals surface area contributed by atoms with Crippen LogP contribution in [0.1, 0.15) is 32.1 Å². The summed E-state index contributed by atoms with van der Waals surface area (Å²) in [6.45, 7) is 0.888. The number of likely N-dealkylation sites (tertiary alicyclic amines) is 1. The summed E-state index contributed by atoms with van der Waals surface area (Å²) in [6, 6.07) is 10.0. The fourth-order valence-electron chi connectivity index (χ4n) is 4.85. The molecule has 1 aliphatic carbocycles. The average Bonchev–Trinajstić information content (AvgIpc) is 3.75. The third-order valence-corrected chi connectivity index (χ3v) is 8.51. The molecule has 0 bridgehead atoms. The first-order valence-corrected chi connectivity index (χ1v) is 14.4. The highest BCUT2D eigenvalue weighted by Crippen LogP contribution is 2.28. The smallest absolute Gasteiger partial charge is 0.323 e. The summed E-state index contributed by atoms with van der Waals surface area (Å²) in [5.41, 5.74) is 5.59. The first kappa shape index (κ1) is 28.3. The fraction of sp³-hybridized carbons (Fsp3) is 0.462. The molecule has 39 heavy (non-hydrogen) atoms. The van der Waals surface area contributed by atoms with Crippen molar-refractivity contribution in [2.45, 2.75) is 49.1 Å². The van der Waals surface area contributed by atoms with Crippen LogP contribution in [-0.2, 0) is 24.4 Å². The normalized spacial score (nSPS) is 18.4. The summed E-state index contributed by atoms with van der Waals surface area (Å²) < 4.78 is 29.1. The van der Waals surface area contributed by atoms with Gasteiger partial charge in [-0.1, -0.05) is 30.3 Å². The van der Waals surface area contributed by atoms with Gasteiger partial charge in [-0.3, -0.25) is 19.8 Å². The predicted octanol–water partition coefficient (Wildman–Crippen LogP) is 0.674. The summed E-state index contributed by atoms with van der Waals surface area (Å²) in [7, 11) is -4.23. The van der Waals surface area contributed by atoms with Crippen molar-refractivity contribution in [2.24, 2.45) is 11.7 Å². The zero-order chi connectivity index (χ0) is 28.2. The highest BCUT2D eigenvalue weighted by Gasteiger charge is 2.39. The van der Waals surface area contributed by atoms with E-state index >= 15 is 0 Å². The van der Waals surface area contributed by atoms with Crippen molar-refractivity contribution in [1.82, 2.24) is 19.8 Å². The quantitative estimate of drug-likeness (QED) is 0.197. The monoisotopic (exact) mass is 558 g/mol. The number of carboxylic acid groups (broad SMARTS) is 1. The zero-order valence-corrected chi connectivity index (χ0v) is 22.3. The van der Waals surface area contributed by atoms with Crippen molar-refractivity contribution in [1.29, 1.82) is 5.41 Å². The summed E-state index contributed by atoms with van der Waals surface area (Å²) in [6.07, 6.45) is 2.39. The van der Waals surface area contributed by atoms with Gasteiger partial charge in [-0.15, -0.1) is 0 Å². The number of sulfonamides is 1. The number of nitrogens with one attached hydrogen (secondary N) is 3. The lowest BCUT2D eigenvalue weighted by atomic mass is 9.98. The molecule has 2 atom stereocenters. The average molecular weight is 559 g/mol. The Labute approximate surface area is 227 Å². The number of fused-ring (bicyclic) bond motifs is 1. The summed E-state index contributed by atoms with van der Waals surface area (Å²) in [4.78, 5) is 40.6. The van der Waals surface area contributed by atoms with Crippen LogP contribution in [0, 0.1) is 11.3 Å². The molecule has 4 rings (SSSR count). The summed E-state index contributed by atoms with van der Waals surface area (Å²) in [5.74, 6) is -2.49. The van der Waals surface area contributed by atoms with Crippen LogP contribution in [0.4, 0.5) is 0 Å². The van der Waals surface area contributed by atoms with E-state index in [4.69, 9.17) is 11.1 Å². The molecule has 1 heterocycles. The number of amides is 2. The standard InChI is InChI=1S/C26H34N6O6S/c27-26(28)31-11-3-4-17(15-31)14-29-23(33)13-22(25(36)32(16-24(34)35)20-8-9-20)30-39(37,38)21-10-7-18-5-1-2-6-19(18)12-21/h1-2,5-7,10,12,17,20,22,30H,3-4,8-9,11,13-16H2,(H3,27,28)(H,29,33)(H,34,35)/t17-,22+/m0/s1. The molecule has 1 saturated carbocycles. The molecule has 2 fully saturated rings. The zero-order valence-electron chi connectivity index (χ0n) is 21.5. The first-order valence-electron chi connectivity index (χ1n) is 12.9. The van der Waals surface area contributed by atoms with Crippen LogP contribution in [-0.4, -0.2) is 85.3 Å². The molecule has 2 amide bonds. The number of nitrogens with zero attached hydrogens (tertiary/aromatic N) is 2. The Hall–Kier alpha value is -3.71. The number of rotatable bonds is 11. The van der Waals surface area contributed by atoms with Gasteiger partial charge in [-0.25, -0.2) is 8.42 Å². The Bertz CT molecular complexity index is 1360. The Kier molecular flexibility index (Phi) is 8.70. The third kappa shape index (κ3) is 7.45. The molecule has 13 heteroatoms. The molecule has 0 unspecified atom stereocenters. The van der Waals surface area contributed by atoms with Gasteiger partial charge in [0.05, 0.1) is 11.3 Å².